The van der Waals surface area contributed by atoms with Gasteiger partial charge in [0.25, 0.3) is 0 Å². The van der Waals surface area contributed by atoms with Crippen molar-refractivity contribution in [1.29, 1.82) is 0 Å². The third-order valence-corrected chi connectivity index (χ3v) is 4.43. The third-order valence-electron chi connectivity index (χ3n) is 4.19. The molecular formula is C15H23ClN2. The van der Waals surface area contributed by atoms with Crippen molar-refractivity contribution in [3.05, 3.63) is 34.9 Å². The number of hydrogen-bond acceptors (Lipinski definition) is 2. The summed E-state index contributed by atoms with van der Waals surface area (Å²) < 4.78 is 0. The fourth-order valence-electron chi connectivity index (χ4n) is 2.66. The molecular weight excluding hydrogens is 244 g/mol. The van der Waals surface area contributed by atoms with Gasteiger partial charge in [-0.1, -0.05) is 30.7 Å². The number of benzene rings is 1. The minimum Gasteiger partial charge on any atom is -0.316 e. The van der Waals surface area contributed by atoms with E-state index in [1.54, 1.807) is 0 Å². The van der Waals surface area contributed by atoms with Gasteiger partial charge < -0.3 is 5.32 Å². The van der Waals surface area contributed by atoms with Crippen LogP contribution in [-0.4, -0.2) is 31.6 Å². The summed E-state index contributed by atoms with van der Waals surface area (Å²) in [5.41, 5.74) is 1.30. The summed E-state index contributed by atoms with van der Waals surface area (Å²) in [6.07, 6.45) is 0. The van der Waals surface area contributed by atoms with Crippen molar-refractivity contribution in [3.8, 4) is 0 Å². The molecule has 3 heteroatoms. The highest BCUT2D eigenvalue weighted by molar-refractivity contribution is 6.30. The zero-order chi connectivity index (χ0) is 13.1. The smallest absolute Gasteiger partial charge is 0.0409 e. The van der Waals surface area contributed by atoms with Crippen LogP contribution in [0.2, 0.25) is 5.02 Å². The zero-order valence-corrected chi connectivity index (χ0v) is 12.2. The Kier molecular flexibility index (Phi) is 4.66. The summed E-state index contributed by atoms with van der Waals surface area (Å²) in [6, 6.07) is 8.60. The summed E-state index contributed by atoms with van der Waals surface area (Å²) in [5, 5.41) is 4.29. The summed E-state index contributed by atoms with van der Waals surface area (Å²) in [6.45, 7) is 8.03. The van der Waals surface area contributed by atoms with Gasteiger partial charge in [-0.3, -0.25) is 4.90 Å². The first-order valence-electron chi connectivity index (χ1n) is 6.74. The van der Waals surface area contributed by atoms with Gasteiger partial charge in [0.1, 0.15) is 0 Å². The first-order valence-corrected chi connectivity index (χ1v) is 7.12. The quantitative estimate of drug-likeness (QED) is 0.901. The maximum atomic E-state index is 6.06. The van der Waals surface area contributed by atoms with E-state index in [0.717, 1.165) is 36.5 Å². The van der Waals surface area contributed by atoms with Gasteiger partial charge in [0.15, 0.2) is 0 Å². The van der Waals surface area contributed by atoms with E-state index in [9.17, 15) is 0 Å². The van der Waals surface area contributed by atoms with E-state index in [-0.39, 0.29) is 0 Å². The number of nitrogens with zero attached hydrogens (tertiary/aromatic N) is 1. The van der Waals surface area contributed by atoms with Crippen LogP contribution in [0.3, 0.4) is 0 Å². The molecule has 0 radical (unpaired) electrons. The van der Waals surface area contributed by atoms with Crippen molar-refractivity contribution in [1.82, 2.24) is 10.2 Å². The lowest BCUT2D eigenvalue weighted by molar-refractivity contribution is 0.208. The molecule has 3 atom stereocenters. The van der Waals surface area contributed by atoms with E-state index in [1.165, 1.54) is 5.56 Å². The Morgan fingerprint density at radius 1 is 1.44 bits per heavy atom. The highest BCUT2D eigenvalue weighted by Gasteiger charge is 2.25. The molecule has 18 heavy (non-hydrogen) atoms. The molecule has 1 saturated heterocycles. The normalized spacial score (nSPS) is 25.6. The van der Waals surface area contributed by atoms with Crippen LogP contribution in [0.4, 0.5) is 0 Å². The Balaban J connectivity index is 1.98. The largest absolute Gasteiger partial charge is 0.316 e. The van der Waals surface area contributed by atoms with Crippen LogP contribution in [0.25, 0.3) is 0 Å². The molecule has 1 unspecified atom stereocenters. The molecule has 0 bridgehead atoms. The van der Waals surface area contributed by atoms with Gasteiger partial charge in [-0.05, 0) is 56.6 Å². The Hall–Kier alpha value is -0.570. The average Bonchev–Trinajstić information content (AvgIpc) is 2.74. The van der Waals surface area contributed by atoms with Crippen LogP contribution < -0.4 is 5.32 Å². The SMILES string of the molecule is CC(c1cccc(Cl)c1)N(C)C[C@@H]1CNC[C@H]1C. The number of hydrogen-bond donors (Lipinski definition) is 1. The highest BCUT2D eigenvalue weighted by atomic mass is 35.5. The van der Waals surface area contributed by atoms with E-state index in [4.69, 9.17) is 11.6 Å². The first kappa shape index (κ1) is 13.9. The summed E-state index contributed by atoms with van der Waals surface area (Å²) in [4.78, 5) is 2.43. The number of rotatable bonds is 4. The molecule has 1 fully saturated rings. The molecule has 2 nitrogen and oxygen atoms in total. The van der Waals surface area contributed by atoms with Crippen molar-refractivity contribution in [2.24, 2.45) is 11.8 Å². The fraction of sp³-hybridized carbons (Fsp3) is 0.600. The van der Waals surface area contributed by atoms with Crippen LogP contribution in [0.1, 0.15) is 25.5 Å². The lowest BCUT2D eigenvalue weighted by atomic mass is 9.96. The van der Waals surface area contributed by atoms with Crippen LogP contribution in [0, 0.1) is 11.8 Å². The number of nitrogens with one attached hydrogen (secondary N) is 1. The van der Waals surface area contributed by atoms with E-state index < -0.39 is 0 Å². The van der Waals surface area contributed by atoms with E-state index in [2.05, 4.69) is 43.2 Å². The predicted octanol–water partition coefficient (Wildman–Crippen LogP) is 3.19. The molecule has 0 aromatic heterocycles. The summed E-state index contributed by atoms with van der Waals surface area (Å²) >= 11 is 6.06. The van der Waals surface area contributed by atoms with Gasteiger partial charge in [-0.15, -0.1) is 0 Å². The second-order valence-electron chi connectivity index (χ2n) is 5.57. The molecule has 1 aliphatic rings. The van der Waals surface area contributed by atoms with Gasteiger partial charge >= 0.3 is 0 Å². The Morgan fingerprint density at radius 3 is 2.83 bits per heavy atom. The van der Waals surface area contributed by atoms with Gasteiger partial charge in [-0.2, -0.15) is 0 Å². The van der Waals surface area contributed by atoms with Crippen molar-refractivity contribution in [2.75, 3.05) is 26.7 Å². The van der Waals surface area contributed by atoms with Crippen LogP contribution in [-0.2, 0) is 0 Å². The molecule has 1 aromatic rings. The molecule has 0 spiro atoms. The Morgan fingerprint density at radius 2 is 2.22 bits per heavy atom. The monoisotopic (exact) mass is 266 g/mol. The van der Waals surface area contributed by atoms with Crippen molar-refractivity contribution in [2.45, 2.75) is 19.9 Å². The zero-order valence-electron chi connectivity index (χ0n) is 11.5. The molecule has 0 aliphatic carbocycles. The molecule has 1 aliphatic heterocycles. The van der Waals surface area contributed by atoms with Crippen molar-refractivity contribution in [3.63, 3.8) is 0 Å². The van der Waals surface area contributed by atoms with Crippen LogP contribution in [0.5, 0.6) is 0 Å². The van der Waals surface area contributed by atoms with Gasteiger partial charge in [0.2, 0.25) is 0 Å². The standard InChI is InChI=1S/C15H23ClN2/c1-11-8-17-9-14(11)10-18(3)12(2)13-5-4-6-15(16)7-13/h4-7,11-12,14,17H,8-10H2,1-3H3/t11-,12?,14+/m1/s1. The predicted molar refractivity (Wildman–Crippen MR) is 78.0 cm³/mol. The second-order valence-corrected chi connectivity index (χ2v) is 6.00. The van der Waals surface area contributed by atoms with Gasteiger partial charge in [-0.25, -0.2) is 0 Å². The van der Waals surface area contributed by atoms with Gasteiger partial charge in [0, 0.05) is 17.6 Å². The molecule has 1 N–H and O–H groups in total. The molecule has 1 aromatic carbocycles. The number of halogens is 1. The van der Waals surface area contributed by atoms with Gasteiger partial charge in [0.05, 0.1) is 0 Å². The average molecular weight is 267 g/mol. The lowest BCUT2D eigenvalue weighted by Gasteiger charge is -2.29. The summed E-state index contributed by atoms with van der Waals surface area (Å²) in [5.74, 6) is 1.54. The van der Waals surface area contributed by atoms with Crippen molar-refractivity contribution >= 4 is 11.6 Å². The molecule has 0 amide bonds. The minimum atomic E-state index is 0.413. The minimum absolute atomic E-state index is 0.413. The third kappa shape index (κ3) is 3.25. The van der Waals surface area contributed by atoms with Crippen LogP contribution >= 0.6 is 11.6 Å². The Labute approximate surface area is 115 Å². The van der Waals surface area contributed by atoms with Crippen molar-refractivity contribution < 1.29 is 0 Å². The van der Waals surface area contributed by atoms with Crippen LogP contribution in [0.15, 0.2) is 24.3 Å². The van der Waals surface area contributed by atoms with E-state index in [0.29, 0.717) is 6.04 Å². The molecule has 100 valence electrons. The lowest BCUT2D eigenvalue weighted by Crippen LogP contribution is -2.31. The molecule has 0 saturated carbocycles. The summed E-state index contributed by atoms with van der Waals surface area (Å²) in [7, 11) is 2.20. The van der Waals surface area contributed by atoms with E-state index in [1.807, 2.05) is 12.1 Å². The second kappa shape index (κ2) is 6.05. The highest BCUT2D eigenvalue weighted by Crippen LogP contribution is 2.25. The maximum absolute atomic E-state index is 6.06. The van der Waals surface area contributed by atoms with E-state index >= 15 is 0 Å². The first-order chi connectivity index (χ1) is 8.58. The fourth-order valence-corrected chi connectivity index (χ4v) is 2.86. The molecule has 1 heterocycles. The maximum Gasteiger partial charge on any atom is 0.0409 e. The molecule has 2 rings (SSSR count). The topological polar surface area (TPSA) is 15.3 Å². The Bertz CT molecular complexity index is 394.